The van der Waals surface area contributed by atoms with Gasteiger partial charge in [0.2, 0.25) is 11.8 Å². The first-order valence-electron chi connectivity index (χ1n) is 6.61. The van der Waals surface area contributed by atoms with Gasteiger partial charge in [-0.05, 0) is 18.9 Å². The first-order chi connectivity index (χ1) is 8.09. The molecule has 0 spiro atoms. The van der Waals surface area contributed by atoms with E-state index in [0.29, 0.717) is 19.4 Å². The third kappa shape index (κ3) is 3.10. The number of likely N-dealkylation sites (N-methyl/N-ethyl adjacent to an activating group) is 1. The Bertz CT molecular complexity index is 342. The molecule has 0 saturated carbocycles. The SMILES string of the molecule is CN[C@H](CN1C(=O)CCC(C)(C)C1=O)C(C)(C)C. The number of likely N-dealkylation sites (tertiary alicyclic amines) is 1. The van der Waals surface area contributed by atoms with E-state index in [2.05, 4.69) is 26.1 Å². The van der Waals surface area contributed by atoms with E-state index in [1.54, 1.807) is 0 Å². The Morgan fingerprint density at radius 3 is 2.33 bits per heavy atom. The number of carbonyl (C=O) groups excluding carboxylic acids is 2. The van der Waals surface area contributed by atoms with Gasteiger partial charge in [-0.15, -0.1) is 0 Å². The Labute approximate surface area is 110 Å². The van der Waals surface area contributed by atoms with Gasteiger partial charge < -0.3 is 5.32 Å². The van der Waals surface area contributed by atoms with Gasteiger partial charge in [-0.2, -0.15) is 0 Å². The van der Waals surface area contributed by atoms with Crippen LogP contribution in [0.1, 0.15) is 47.5 Å². The molecule has 0 unspecified atom stereocenters. The third-order valence-electron chi connectivity index (χ3n) is 3.85. The van der Waals surface area contributed by atoms with E-state index in [-0.39, 0.29) is 23.3 Å². The van der Waals surface area contributed by atoms with E-state index in [1.165, 1.54) is 4.90 Å². The lowest BCUT2D eigenvalue weighted by Crippen LogP contribution is -2.55. The van der Waals surface area contributed by atoms with E-state index in [4.69, 9.17) is 0 Å². The van der Waals surface area contributed by atoms with Crippen LogP contribution in [-0.2, 0) is 9.59 Å². The highest BCUT2D eigenvalue weighted by molar-refractivity contribution is 6.00. The van der Waals surface area contributed by atoms with Crippen molar-refractivity contribution in [3.8, 4) is 0 Å². The molecule has 1 saturated heterocycles. The molecule has 1 heterocycles. The molecule has 1 fully saturated rings. The maximum atomic E-state index is 12.3. The van der Waals surface area contributed by atoms with Crippen molar-refractivity contribution in [2.75, 3.05) is 13.6 Å². The lowest BCUT2D eigenvalue weighted by atomic mass is 9.81. The summed E-state index contributed by atoms with van der Waals surface area (Å²) in [4.78, 5) is 25.7. The minimum atomic E-state index is -0.413. The van der Waals surface area contributed by atoms with E-state index in [0.717, 1.165) is 0 Å². The van der Waals surface area contributed by atoms with Gasteiger partial charge in [0.1, 0.15) is 0 Å². The fourth-order valence-electron chi connectivity index (χ4n) is 2.31. The summed E-state index contributed by atoms with van der Waals surface area (Å²) in [6.07, 6.45) is 1.13. The maximum Gasteiger partial charge on any atom is 0.234 e. The predicted molar refractivity (Wildman–Crippen MR) is 72.0 cm³/mol. The maximum absolute atomic E-state index is 12.3. The van der Waals surface area contributed by atoms with Crippen LogP contribution in [-0.4, -0.2) is 36.3 Å². The van der Waals surface area contributed by atoms with E-state index < -0.39 is 5.41 Å². The van der Waals surface area contributed by atoms with Crippen LogP contribution in [0.3, 0.4) is 0 Å². The van der Waals surface area contributed by atoms with Gasteiger partial charge in [-0.3, -0.25) is 14.5 Å². The van der Waals surface area contributed by atoms with Crippen LogP contribution < -0.4 is 5.32 Å². The molecule has 1 aliphatic rings. The highest BCUT2D eigenvalue weighted by atomic mass is 16.2. The molecule has 0 aromatic heterocycles. The minimum absolute atomic E-state index is 0.0108. The largest absolute Gasteiger partial charge is 0.315 e. The van der Waals surface area contributed by atoms with Crippen LogP contribution in [0.5, 0.6) is 0 Å². The number of hydrogen-bond donors (Lipinski definition) is 1. The van der Waals surface area contributed by atoms with Gasteiger partial charge in [-0.25, -0.2) is 0 Å². The molecule has 18 heavy (non-hydrogen) atoms. The number of nitrogens with zero attached hydrogens (tertiary/aromatic N) is 1. The monoisotopic (exact) mass is 254 g/mol. The van der Waals surface area contributed by atoms with Gasteiger partial charge >= 0.3 is 0 Å². The van der Waals surface area contributed by atoms with Crippen molar-refractivity contribution < 1.29 is 9.59 Å². The van der Waals surface area contributed by atoms with Crippen molar-refractivity contribution in [3.63, 3.8) is 0 Å². The smallest absolute Gasteiger partial charge is 0.234 e. The number of piperidine rings is 1. The average molecular weight is 254 g/mol. The Kier molecular flexibility index (Phi) is 4.21. The van der Waals surface area contributed by atoms with Crippen molar-refractivity contribution in [1.82, 2.24) is 10.2 Å². The topological polar surface area (TPSA) is 49.4 Å². The normalized spacial score (nSPS) is 22.2. The van der Waals surface area contributed by atoms with Crippen LogP contribution in [0.25, 0.3) is 0 Å². The van der Waals surface area contributed by atoms with Gasteiger partial charge in [0.25, 0.3) is 0 Å². The molecule has 0 bridgehead atoms. The zero-order valence-electron chi connectivity index (χ0n) is 12.5. The summed E-state index contributed by atoms with van der Waals surface area (Å²) in [6, 6.07) is 0.110. The first kappa shape index (κ1) is 15.2. The molecular weight excluding hydrogens is 228 g/mol. The third-order valence-corrected chi connectivity index (χ3v) is 3.85. The van der Waals surface area contributed by atoms with Crippen molar-refractivity contribution in [2.24, 2.45) is 10.8 Å². The predicted octanol–water partition coefficient (Wildman–Crippen LogP) is 1.80. The van der Waals surface area contributed by atoms with Gasteiger partial charge in [0, 0.05) is 24.4 Å². The molecule has 1 rings (SSSR count). The van der Waals surface area contributed by atoms with Crippen molar-refractivity contribution >= 4 is 11.8 Å². The molecule has 0 aromatic carbocycles. The van der Waals surface area contributed by atoms with Crippen LogP contribution in [0, 0.1) is 10.8 Å². The summed E-state index contributed by atoms with van der Waals surface area (Å²) in [7, 11) is 1.87. The molecule has 4 nitrogen and oxygen atoms in total. The molecule has 0 aromatic rings. The molecule has 1 aliphatic heterocycles. The fraction of sp³-hybridized carbons (Fsp3) is 0.857. The molecule has 0 radical (unpaired) electrons. The van der Waals surface area contributed by atoms with Crippen molar-refractivity contribution in [3.05, 3.63) is 0 Å². The van der Waals surface area contributed by atoms with Crippen LogP contribution >= 0.6 is 0 Å². The van der Waals surface area contributed by atoms with Gasteiger partial charge in [0.05, 0.1) is 0 Å². The van der Waals surface area contributed by atoms with Gasteiger partial charge in [0.15, 0.2) is 0 Å². The Balaban J connectivity index is 2.87. The highest BCUT2D eigenvalue weighted by Gasteiger charge is 2.41. The lowest BCUT2D eigenvalue weighted by Gasteiger charge is -2.40. The second-order valence-electron chi connectivity index (χ2n) is 6.90. The number of carbonyl (C=O) groups is 2. The second-order valence-corrected chi connectivity index (χ2v) is 6.90. The summed E-state index contributed by atoms with van der Waals surface area (Å²) in [5.74, 6) is -0.0768. The van der Waals surface area contributed by atoms with Crippen molar-refractivity contribution in [1.29, 1.82) is 0 Å². The standard InChI is InChI=1S/C14H26N2O2/c1-13(2,3)10(15-6)9-16-11(17)7-8-14(4,5)12(16)18/h10,15H,7-9H2,1-6H3/t10-/m1/s1. The van der Waals surface area contributed by atoms with Crippen LogP contribution in [0.4, 0.5) is 0 Å². The minimum Gasteiger partial charge on any atom is -0.315 e. The Morgan fingerprint density at radius 2 is 1.89 bits per heavy atom. The lowest BCUT2D eigenvalue weighted by molar-refractivity contribution is -0.156. The van der Waals surface area contributed by atoms with Gasteiger partial charge in [-0.1, -0.05) is 34.6 Å². The Morgan fingerprint density at radius 1 is 1.33 bits per heavy atom. The van der Waals surface area contributed by atoms with E-state index in [9.17, 15) is 9.59 Å². The van der Waals surface area contributed by atoms with Crippen molar-refractivity contribution in [2.45, 2.75) is 53.5 Å². The van der Waals surface area contributed by atoms with Crippen LogP contribution in [0.2, 0.25) is 0 Å². The summed E-state index contributed by atoms with van der Waals surface area (Å²) in [5, 5.41) is 3.21. The number of nitrogens with one attached hydrogen (secondary N) is 1. The molecule has 104 valence electrons. The number of rotatable bonds is 3. The average Bonchev–Trinajstić information content (AvgIpc) is 2.23. The van der Waals surface area contributed by atoms with Crippen LogP contribution in [0.15, 0.2) is 0 Å². The molecule has 4 heteroatoms. The quantitative estimate of drug-likeness (QED) is 0.781. The summed E-state index contributed by atoms with van der Waals surface area (Å²) in [5.41, 5.74) is -0.402. The number of amides is 2. The van der Waals surface area contributed by atoms with E-state index in [1.807, 2.05) is 20.9 Å². The summed E-state index contributed by atoms with van der Waals surface area (Å²) in [6.45, 7) is 10.6. The highest BCUT2D eigenvalue weighted by Crippen LogP contribution is 2.31. The molecule has 2 amide bonds. The zero-order valence-corrected chi connectivity index (χ0v) is 12.5. The Hall–Kier alpha value is -0.900. The molecular formula is C14H26N2O2. The fourth-order valence-corrected chi connectivity index (χ4v) is 2.31. The summed E-state index contributed by atoms with van der Waals surface area (Å²) >= 11 is 0. The second kappa shape index (κ2) is 5.00. The number of imide groups is 1. The summed E-state index contributed by atoms with van der Waals surface area (Å²) < 4.78 is 0. The molecule has 1 N–H and O–H groups in total. The first-order valence-corrected chi connectivity index (χ1v) is 6.61. The van der Waals surface area contributed by atoms with E-state index >= 15 is 0 Å². The number of hydrogen-bond acceptors (Lipinski definition) is 3. The molecule has 0 aliphatic carbocycles. The zero-order chi connectivity index (χ0) is 14.1. The molecule has 1 atom stereocenters.